The molecule has 5 nitrogen and oxygen atoms in total. The minimum Gasteiger partial charge on any atom is -0.507 e. The zero-order chi connectivity index (χ0) is 11.2. The van der Waals surface area contributed by atoms with Gasteiger partial charge in [0.2, 0.25) is 6.29 Å². The summed E-state index contributed by atoms with van der Waals surface area (Å²) < 4.78 is 9.36. The fourth-order valence-electron chi connectivity index (χ4n) is 1.45. The average molecular weight is 231 g/mol. The summed E-state index contributed by atoms with van der Waals surface area (Å²) in [5.74, 6) is -0.916. The van der Waals surface area contributed by atoms with Crippen molar-refractivity contribution in [1.29, 1.82) is 0 Å². The number of hydrogen-bond donors (Lipinski definition) is 2. The topological polar surface area (TPSA) is 76.0 Å². The van der Waals surface area contributed by atoms with Crippen LogP contribution < -0.4 is 4.74 Å². The smallest absolute Gasteiger partial charge is 0.343 e. The molecule has 1 unspecified atom stereocenters. The Kier molecular flexibility index (Phi) is 2.21. The fourth-order valence-corrected chi connectivity index (χ4v) is 1.76. The van der Waals surface area contributed by atoms with Gasteiger partial charge in [0.15, 0.2) is 0 Å². The summed E-state index contributed by atoms with van der Waals surface area (Å²) >= 11 is 5.84. The van der Waals surface area contributed by atoms with Crippen LogP contribution in [0, 0.1) is 0 Å². The van der Waals surface area contributed by atoms with Crippen molar-refractivity contribution in [3.63, 3.8) is 0 Å². The lowest BCUT2D eigenvalue weighted by molar-refractivity contribution is -0.0555. The van der Waals surface area contributed by atoms with Crippen molar-refractivity contribution in [1.82, 2.24) is 0 Å². The van der Waals surface area contributed by atoms with Crippen LogP contribution in [-0.2, 0) is 4.74 Å². The number of cyclic esters (lactones) is 1. The standard InChI is InChI=1S/C9H7ClO5/c1-14-4-2-3(11)5-6(7(4)10)9(13)15-8(5)12/h2,8,11-12H,1H3. The molecule has 0 radical (unpaired) electrons. The third-order valence-corrected chi connectivity index (χ3v) is 2.51. The molecule has 1 aliphatic rings. The lowest BCUT2D eigenvalue weighted by Gasteiger charge is -2.08. The Balaban J connectivity index is 2.74. The Morgan fingerprint density at radius 3 is 2.87 bits per heavy atom. The van der Waals surface area contributed by atoms with Crippen molar-refractivity contribution in [3.05, 3.63) is 22.2 Å². The number of hydrogen-bond acceptors (Lipinski definition) is 5. The highest BCUT2D eigenvalue weighted by Crippen LogP contribution is 2.44. The number of benzene rings is 1. The predicted octanol–water partition coefficient (Wildman–Crippen LogP) is 1.22. The molecule has 1 atom stereocenters. The minimum atomic E-state index is -1.48. The number of fused-ring (bicyclic) bond motifs is 1. The molecular weight excluding hydrogens is 224 g/mol. The van der Waals surface area contributed by atoms with E-state index in [0.29, 0.717) is 0 Å². The number of aromatic hydroxyl groups is 1. The number of ether oxygens (including phenoxy) is 2. The van der Waals surface area contributed by atoms with Crippen LogP contribution >= 0.6 is 11.6 Å². The Labute approximate surface area is 89.8 Å². The summed E-state index contributed by atoms with van der Waals surface area (Å²) in [7, 11) is 1.35. The second-order valence-electron chi connectivity index (χ2n) is 2.96. The minimum absolute atomic E-state index is 0.0202. The summed E-state index contributed by atoms with van der Waals surface area (Å²) in [4.78, 5) is 11.3. The van der Waals surface area contributed by atoms with Crippen molar-refractivity contribution in [2.75, 3.05) is 7.11 Å². The van der Waals surface area contributed by atoms with Gasteiger partial charge in [-0.3, -0.25) is 0 Å². The zero-order valence-corrected chi connectivity index (χ0v) is 8.41. The number of phenolic OH excluding ortho intramolecular Hbond substituents is 1. The molecule has 1 aliphatic heterocycles. The first-order chi connectivity index (χ1) is 7.06. The van der Waals surface area contributed by atoms with Crippen LogP contribution in [0.25, 0.3) is 0 Å². The summed E-state index contributed by atoms with van der Waals surface area (Å²) in [6, 6.07) is 1.21. The molecule has 0 aliphatic carbocycles. The molecule has 15 heavy (non-hydrogen) atoms. The third-order valence-electron chi connectivity index (χ3n) is 2.14. The number of esters is 1. The SMILES string of the molecule is COc1cc(O)c2c(c1Cl)C(=O)OC2O. The fraction of sp³-hybridized carbons (Fsp3) is 0.222. The van der Waals surface area contributed by atoms with Gasteiger partial charge < -0.3 is 19.7 Å². The van der Waals surface area contributed by atoms with E-state index in [2.05, 4.69) is 4.74 Å². The summed E-state index contributed by atoms with van der Waals surface area (Å²) in [5, 5.41) is 18.9. The van der Waals surface area contributed by atoms with E-state index in [4.69, 9.17) is 16.3 Å². The number of rotatable bonds is 1. The summed E-state index contributed by atoms with van der Waals surface area (Å²) in [6.45, 7) is 0. The van der Waals surface area contributed by atoms with Gasteiger partial charge in [-0.15, -0.1) is 0 Å². The lowest BCUT2D eigenvalue weighted by atomic mass is 10.1. The van der Waals surface area contributed by atoms with Crippen molar-refractivity contribution in [2.24, 2.45) is 0 Å². The quantitative estimate of drug-likeness (QED) is 0.710. The van der Waals surface area contributed by atoms with E-state index in [1.807, 2.05) is 0 Å². The average Bonchev–Trinajstić information content (AvgIpc) is 2.48. The largest absolute Gasteiger partial charge is 0.507 e. The molecule has 2 rings (SSSR count). The van der Waals surface area contributed by atoms with E-state index >= 15 is 0 Å². The Bertz CT molecular complexity index is 443. The molecule has 1 aromatic carbocycles. The molecule has 6 heteroatoms. The molecule has 1 heterocycles. The zero-order valence-electron chi connectivity index (χ0n) is 7.65. The number of carbonyl (C=O) groups excluding carboxylic acids is 1. The number of methoxy groups -OCH3 is 1. The van der Waals surface area contributed by atoms with Crippen LogP contribution in [0.15, 0.2) is 6.07 Å². The van der Waals surface area contributed by atoms with Crippen LogP contribution in [-0.4, -0.2) is 23.3 Å². The van der Waals surface area contributed by atoms with Gasteiger partial charge in [0, 0.05) is 6.07 Å². The maximum Gasteiger partial charge on any atom is 0.343 e. The molecule has 0 amide bonds. The molecule has 2 N–H and O–H groups in total. The molecule has 0 fully saturated rings. The van der Waals surface area contributed by atoms with Crippen molar-refractivity contribution in [3.8, 4) is 11.5 Å². The number of carbonyl (C=O) groups is 1. The molecule has 0 saturated heterocycles. The van der Waals surface area contributed by atoms with Crippen LogP contribution in [0.1, 0.15) is 22.2 Å². The van der Waals surface area contributed by atoms with Crippen molar-refractivity contribution < 1.29 is 24.5 Å². The number of phenols is 1. The molecule has 80 valence electrons. The first-order valence-corrected chi connectivity index (χ1v) is 4.42. The van der Waals surface area contributed by atoms with Crippen molar-refractivity contribution in [2.45, 2.75) is 6.29 Å². The lowest BCUT2D eigenvalue weighted by Crippen LogP contribution is -1.97. The Morgan fingerprint density at radius 1 is 1.60 bits per heavy atom. The third kappa shape index (κ3) is 1.32. The molecule has 0 aromatic heterocycles. The van der Waals surface area contributed by atoms with E-state index in [1.54, 1.807) is 0 Å². The van der Waals surface area contributed by atoms with Gasteiger partial charge in [-0.25, -0.2) is 4.79 Å². The van der Waals surface area contributed by atoms with Gasteiger partial charge in [0.25, 0.3) is 0 Å². The molecule has 1 aromatic rings. The maximum absolute atomic E-state index is 11.3. The van der Waals surface area contributed by atoms with E-state index in [9.17, 15) is 15.0 Å². The number of halogens is 1. The van der Waals surface area contributed by atoms with Gasteiger partial charge in [0.1, 0.15) is 11.5 Å². The number of aliphatic hydroxyl groups is 1. The summed E-state index contributed by atoms with van der Waals surface area (Å²) in [6.07, 6.45) is -1.48. The molecular formula is C9H7ClO5. The van der Waals surface area contributed by atoms with Gasteiger partial charge in [-0.2, -0.15) is 0 Å². The van der Waals surface area contributed by atoms with Gasteiger partial charge in [-0.05, 0) is 0 Å². The highest BCUT2D eigenvalue weighted by molar-refractivity contribution is 6.35. The first kappa shape index (κ1) is 10.1. The number of aliphatic hydroxyl groups excluding tert-OH is 1. The van der Waals surface area contributed by atoms with E-state index in [1.165, 1.54) is 13.2 Å². The van der Waals surface area contributed by atoms with Crippen LogP contribution in [0.5, 0.6) is 11.5 Å². The van der Waals surface area contributed by atoms with Crippen LogP contribution in [0.3, 0.4) is 0 Å². The highest BCUT2D eigenvalue weighted by atomic mass is 35.5. The van der Waals surface area contributed by atoms with Gasteiger partial charge >= 0.3 is 5.97 Å². The molecule has 0 saturated carbocycles. The van der Waals surface area contributed by atoms with Gasteiger partial charge in [0.05, 0.1) is 23.3 Å². The normalized spacial score (nSPS) is 18.6. The molecule has 0 bridgehead atoms. The Hall–Kier alpha value is -1.46. The maximum atomic E-state index is 11.3. The predicted molar refractivity (Wildman–Crippen MR) is 50.0 cm³/mol. The van der Waals surface area contributed by atoms with Crippen LogP contribution in [0.4, 0.5) is 0 Å². The highest BCUT2D eigenvalue weighted by Gasteiger charge is 2.36. The van der Waals surface area contributed by atoms with E-state index in [0.717, 1.165) is 0 Å². The Morgan fingerprint density at radius 2 is 2.27 bits per heavy atom. The van der Waals surface area contributed by atoms with E-state index in [-0.39, 0.29) is 27.6 Å². The monoisotopic (exact) mass is 230 g/mol. The van der Waals surface area contributed by atoms with Crippen molar-refractivity contribution >= 4 is 17.6 Å². The second-order valence-corrected chi connectivity index (χ2v) is 3.34. The summed E-state index contributed by atoms with van der Waals surface area (Å²) in [5.41, 5.74) is -0.0770. The first-order valence-electron chi connectivity index (χ1n) is 4.04. The van der Waals surface area contributed by atoms with Crippen LogP contribution in [0.2, 0.25) is 5.02 Å². The van der Waals surface area contributed by atoms with E-state index < -0.39 is 12.3 Å². The molecule has 0 spiro atoms. The second kappa shape index (κ2) is 3.29. The van der Waals surface area contributed by atoms with Gasteiger partial charge in [-0.1, -0.05) is 11.6 Å².